The van der Waals surface area contributed by atoms with E-state index >= 15 is 0 Å². The van der Waals surface area contributed by atoms with Gasteiger partial charge >= 0.3 is 0 Å². The molecular weight excluding hydrogens is 308 g/mol. The van der Waals surface area contributed by atoms with Gasteiger partial charge in [-0.1, -0.05) is 12.1 Å². The van der Waals surface area contributed by atoms with Crippen LogP contribution in [0, 0.1) is 0 Å². The predicted octanol–water partition coefficient (Wildman–Crippen LogP) is 2.17. The zero-order chi connectivity index (χ0) is 13.7. The molecule has 0 aliphatic rings. The van der Waals surface area contributed by atoms with Gasteiger partial charge in [-0.3, -0.25) is 4.79 Å². The second-order valence-electron chi connectivity index (χ2n) is 4.11. The van der Waals surface area contributed by atoms with E-state index in [1.165, 1.54) is 11.9 Å². The summed E-state index contributed by atoms with van der Waals surface area (Å²) in [7, 11) is 0. The minimum absolute atomic E-state index is 0.211. The van der Waals surface area contributed by atoms with Crippen molar-refractivity contribution in [3.05, 3.63) is 51.0 Å². The average Bonchev–Trinajstić information content (AvgIpc) is 2.42. The van der Waals surface area contributed by atoms with Gasteiger partial charge in [0.1, 0.15) is 4.47 Å². The van der Waals surface area contributed by atoms with Gasteiger partial charge in [0.25, 0.3) is 5.56 Å². The van der Waals surface area contributed by atoms with Gasteiger partial charge in [0.2, 0.25) is 0 Å². The first-order valence-electron chi connectivity index (χ1n) is 6.00. The molecule has 19 heavy (non-hydrogen) atoms. The first kappa shape index (κ1) is 13.8. The molecule has 0 saturated carbocycles. The van der Waals surface area contributed by atoms with Crippen molar-refractivity contribution in [2.24, 2.45) is 5.73 Å². The number of nitrogens with zero attached hydrogens (tertiary/aromatic N) is 1. The molecule has 0 saturated heterocycles. The Morgan fingerprint density at radius 1 is 1.42 bits per heavy atom. The lowest BCUT2D eigenvalue weighted by atomic mass is 10.1. The van der Waals surface area contributed by atoms with Gasteiger partial charge < -0.3 is 16.0 Å². The maximum Gasteiger partial charge on any atom is 0.267 e. The molecule has 0 fully saturated rings. The van der Waals surface area contributed by atoms with Crippen molar-refractivity contribution in [2.45, 2.75) is 12.8 Å². The van der Waals surface area contributed by atoms with Crippen molar-refractivity contribution in [3.8, 4) is 0 Å². The SMILES string of the molecule is NCCCc1cccc(Nc2nc[nH]c(=O)c2Br)c1. The molecule has 0 aliphatic heterocycles. The van der Waals surface area contributed by atoms with Crippen molar-refractivity contribution >= 4 is 27.4 Å². The molecule has 0 bridgehead atoms. The number of aromatic nitrogens is 2. The van der Waals surface area contributed by atoms with Gasteiger partial charge in [0.15, 0.2) is 5.82 Å². The molecule has 0 spiro atoms. The molecule has 100 valence electrons. The lowest BCUT2D eigenvalue weighted by Gasteiger charge is -2.08. The summed E-state index contributed by atoms with van der Waals surface area (Å²) in [4.78, 5) is 18.0. The van der Waals surface area contributed by atoms with Crippen molar-refractivity contribution in [2.75, 3.05) is 11.9 Å². The van der Waals surface area contributed by atoms with Gasteiger partial charge in [-0.15, -0.1) is 0 Å². The first-order chi connectivity index (χ1) is 9.20. The van der Waals surface area contributed by atoms with Gasteiger partial charge in [-0.05, 0) is 53.0 Å². The number of anilines is 2. The van der Waals surface area contributed by atoms with Gasteiger partial charge in [0, 0.05) is 5.69 Å². The molecule has 1 heterocycles. The third-order valence-electron chi connectivity index (χ3n) is 2.66. The standard InChI is InChI=1S/C13H15BrN4O/c14-11-12(16-8-17-13(11)19)18-10-5-1-3-9(7-10)4-2-6-15/h1,3,5,7-8H,2,4,6,15H2,(H2,16,17,18,19). The van der Waals surface area contributed by atoms with Crippen molar-refractivity contribution in [1.29, 1.82) is 0 Å². The van der Waals surface area contributed by atoms with Crippen LogP contribution in [0.5, 0.6) is 0 Å². The minimum atomic E-state index is -0.211. The van der Waals surface area contributed by atoms with E-state index in [-0.39, 0.29) is 5.56 Å². The third kappa shape index (κ3) is 3.65. The summed E-state index contributed by atoms with van der Waals surface area (Å²) < 4.78 is 0.391. The zero-order valence-electron chi connectivity index (χ0n) is 10.3. The normalized spacial score (nSPS) is 10.4. The molecule has 0 amide bonds. The summed E-state index contributed by atoms with van der Waals surface area (Å²) in [6.45, 7) is 0.679. The van der Waals surface area contributed by atoms with Crippen LogP contribution >= 0.6 is 15.9 Å². The maximum absolute atomic E-state index is 11.4. The second kappa shape index (κ2) is 6.49. The summed E-state index contributed by atoms with van der Waals surface area (Å²) in [6.07, 6.45) is 3.26. The van der Waals surface area contributed by atoms with E-state index in [0.29, 0.717) is 16.8 Å². The van der Waals surface area contributed by atoms with Crippen LogP contribution < -0.4 is 16.6 Å². The topological polar surface area (TPSA) is 83.8 Å². The highest BCUT2D eigenvalue weighted by Gasteiger charge is 2.05. The highest BCUT2D eigenvalue weighted by atomic mass is 79.9. The Balaban J connectivity index is 2.19. The second-order valence-corrected chi connectivity index (χ2v) is 4.90. The molecule has 4 N–H and O–H groups in total. The van der Waals surface area contributed by atoms with Crippen LogP contribution in [-0.2, 0) is 6.42 Å². The Morgan fingerprint density at radius 3 is 3.05 bits per heavy atom. The van der Waals surface area contributed by atoms with Gasteiger partial charge in [0.05, 0.1) is 6.33 Å². The van der Waals surface area contributed by atoms with Crippen LogP contribution in [0.3, 0.4) is 0 Å². The van der Waals surface area contributed by atoms with Crippen molar-refractivity contribution in [1.82, 2.24) is 9.97 Å². The monoisotopic (exact) mass is 322 g/mol. The lowest BCUT2D eigenvalue weighted by molar-refractivity contribution is 0.833. The molecule has 1 aromatic carbocycles. The van der Waals surface area contributed by atoms with Crippen LogP contribution in [0.4, 0.5) is 11.5 Å². The lowest BCUT2D eigenvalue weighted by Crippen LogP contribution is -2.10. The summed E-state index contributed by atoms with van der Waals surface area (Å²) in [5.41, 5.74) is 7.39. The molecule has 2 rings (SSSR count). The molecule has 0 unspecified atom stereocenters. The van der Waals surface area contributed by atoms with E-state index in [9.17, 15) is 4.79 Å². The molecule has 0 radical (unpaired) electrons. The number of nitrogens with two attached hydrogens (primary N) is 1. The van der Waals surface area contributed by atoms with E-state index in [1.807, 2.05) is 18.2 Å². The van der Waals surface area contributed by atoms with E-state index in [2.05, 4.69) is 37.3 Å². The number of rotatable bonds is 5. The number of hydrogen-bond acceptors (Lipinski definition) is 4. The third-order valence-corrected chi connectivity index (χ3v) is 3.39. The van der Waals surface area contributed by atoms with E-state index in [1.54, 1.807) is 0 Å². The largest absolute Gasteiger partial charge is 0.339 e. The number of hydrogen-bond donors (Lipinski definition) is 3. The maximum atomic E-state index is 11.4. The van der Waals surface area contributed by atoms with Crippen LogP contribution in [-0.4, -0.2) is 16.5 Å². The Morgan fingerprint density at radius 2 is 2.26 bits per heavy atom. The van der Waals surface area contributed by atoms with E-state index in [4.69, 9.17) is 5.73 Å². The van der Waals surface area contributed by atoms with Crippen LogP contribution in [0.2, 0.25) is 0 Å². The van der Waals surface area contributed by atoms with Crippen LogP contribution in [0.15, 0.2) is 39.9 Å². The highest BCUT2D eigenvalue weighted by Crippen LogP contribution is 2.20. The Hall–Kier alpha value is -1.66. The average molecular weight is 323 g/mol. The van der Waals surface area contributed by atoms with Crippen LogP contribution in [0.25, 0.3) is 0 Å². The van der Waals surface area contributed by atoms with E-state index < -0.39 is 0 Å². The molecule has 2 aromatic rings. The molecule has 1 aromatic heterocycles. The van der Waals surface area contributed by atoms with Crippen LogP contribution in [0.1, 0.15) is 12.0 Å². The van der Waals surface area contributed by atoms with Crippen molar-refractivity contribution in [3.63, 3.8) is 0 Å². The fraction of sp³-hybridized carbons (Fsp3) is 0.231. The number of benzene rings is 1. The highest BCUT2D eigenvalue weighted by molar-refractivity contribution is 9.10. The number of H-pyrrole nitrogens is 1. The fourth-order valence-corrected chi connectivity index (χ4v) is 2.03. The first-order valence-corrected chi connectivity index (χ1v) is 6.79. The number of aromatic amines is 1. The summed E-state index contributed by atoms with van der Waals surface area (Å²) in [5.74, 6) is 0.500. The number of nitrogens with one attached hydrogen (secondary N) is 2. The Bertz CT molecular complexity index is 612. The molecular formula is C13H15BrN4O. The van der Waals surface area contributed by atoms with Gasteiger partial charge in [-0.2, -0.15) is 0 Å². The fourth-order valence-electron chi connectivity index (χ4n) is 1.72. The predicted molar refractivity (Wildman–Crippen MR) is 79.7 cm³/mol. The quantitative estimate of drug-likeness (QED) is 0.787. The molecule has 6 heteroatoms. The molecule has 0 aliphatic carbocycles. The van der Waals surface area contributed by atoms with Gasteiger partial charge in [-0.25, -0.2) is 4.98 Å². The number of aryl methyl sites for hydroxylation is 1. The summed E-state index contributed by atoms with van der Waals surface area (Å²) in [5, 5.41) is 3.12. The van der Waals surface area contributed by atoms with Crippen molar-refractivity contribution < 1.29 is 0 Å². The Labute approximate surface area is 119 Å². The summed E-state index contributed by atoms with van der Waals surface area (Å²) in [6, 6.07) is 7.99. The Kier molecular flexibility index (Phi) is 4.70. The smallest absolute Gasteiger partial charge is 0.267 e. The minimum Gasteiger partial charge on any atom is -0.339 e. The molecule has 0 atom stereocenters. The zero-order valence-corrected chi connectivity index (χ0v) is 11.9. The summed E-state index contributed by atoms with van der Waals surface area (Å²) >= 11 is 3.21. The number of halogens is 1. The molecule has 5 nitrogen and oxygen atoms in total. The van der Waals surface area contributed by atoms with E-state index in [0.717, 1.165) is 18.5 Å².